The minimum absolute atomic E-state index is 0.304. The van der Waals surface area contributed by atoms with Crippen LogP contribution >= 0.6 is 0 Å². The average molecular weight is 329 g/mol. The number of amides is 3. The van der Waals surface area contributed by atoms with Crippen LogP contribution in [0.2, 0.25) is 0 Å². The van der Waals surface area contributed by atoms with Crippen molar-refractivity contribution in [3.8, 4) is 0 Å². The van der Waals surface area contributed by atoms with Crippen LogP contribution in [0.25, 0.3) is 0 Å². The molecule has 2 rings (SSSR count). The normalized spacial score (nSPS) is 12.9. The summed E-state index contributed by atoms with van der Waals surface area (Å²) in [6.07, 6.45) is 0.499. The predicted molar refractivity (Wildman–Crippen MR) is 89.6 cm³/mol. The molecule has 0 aliphatic heterocycles. The molecule has 0 bridgehead atoms. The van der Waals surface area contributed by atoms with E-state index in [9.17, 15) is 14.0 Å². The van der Waals surface area contributed by atoms with E-state index >= 15 is 0 Å². The van der Waals surface area contributed by atoms with Crippen LogP contribution in [0.1, 0.15) is 24.1 Å². The van der Waals surface area contributed by atoms with Gasteiger partial charge >= 0.3 is 6.03 Å². The lowest BCUT2D eigenvalue weighted by Crippen LogP contribution is -2.47. The first kappa shape index (κ1) is 17.5. The van der Waals surface area contributed by atoms with Gasteiger partial charge in [0.2, 0.25) is 5.91 Å². The second-order valence-electron chi connectivity index (χ2n) is 5.53. The number of rotatable bonds is 6. The minimum atomic E-state index is -0.757. The molecule has 6 heteroatoms. The van der Waals surface area contributed by atoms with E-state index in [-0.39, 0.29) is 17.8 Å². The van der Waals surface area contributed by atoms with Crippen LogP contribution in [0.5, 0.6) is 0 Å². The third-order valence-electron chi connectivity index (χ3n) is 3.62. The highest BCUT2D eigenvalue weighted by Crippen LogP contribution is 2.19. The van der Waals surface area contributed by atoms with Crippen molar-refractivity contribution in [2.75, 3.05) is 0 Å². The summed E-state index contributed by atoms with van der Waals surface area (Å²) in [5.74, 6) is -0.650. The van der Waals surface area contributed by atoms with E-state index in [1.54, 1.807) is 19.1 Å². The molecule has 0 spiro atoms. The molecule has 0 aliphatic carbocycles. The fourth-order valence-electron chi connectivity index (χ4n) is 2.37. The van der Waals surface area contributed by atoms with E-state index in [2.05, 4.69) is 10.6 Å². The number of urea groups is 1. The zero-order valence-electron chi connectivity index (χ0n) is 13.3. The number of benzene rings is 2. The van der Waals surface area contributed by atoms with Crippen molar-refractivity contribution in [1.29, 1.82) is 0 Å². The number of carbonyl (C=O) groups excluding carboxylic acids is 2. The lowest BCUT2D eigenvalue weighted by atomic mass is 9.98. The van der Waals surface area contributed by atoms with Gasteiger partial charge in [0.1, 0.15) is 11.9 Å². The molecule has 2 atom stereocenters. The molecule has 0 heterocycles. The molecule has 0 aromatic heterocycles. The summed E-state index contributed by atoms with van der Waals surface area (Å²) < 4.78 is 13.1. The average Bonchev–Trinajstić information content (AvgIpc) is 2.56. The van der Waals surface area contributed by atoms with Crippen molar-refractivity contribution in [3.63, 3.8) is 0 Å². The standard InChI is InChI=1S/C18H20FN3O2/c1-12(21-18(20)24)17(23)22-16(14-5-3-2-4-6-14)11-13-7-9-15(19)10-8-13/h2-10,12,16H,11H2,1H3,(H,22,23)(H3,20,21,24)/t12-,16-/m1/s1. The van der Waals surface area contributed by atoms with Crippen LogP contribution in [0.15, 0.2) is 54.6 Å². The van der Waals surface area contributed by atoms with Gasteiger partial charge in [-0.25, -0.2) is 9.18 Å². The van der Waals surface area contributed by atoms with Crippen LogP contribution in [-0.2, 0) is 11.2 Å². The Morgan fingerprint density at radius 1 is 1.04 bits per heavy atom. The molecule has 0 fully saturated rings. The zero-order chi connectivity index (χ0) is 17.5. The number of primary amides is 1. The second kappa shape index (κ2) is 8.10. The number of carbonyl (C=O) groups is 2. The van der Waals surface area contributed by atoms with Crippen LogP contribution in [0, 0.1) is 5.82 Å². The molecule has 0 unspecified atom stereocenters. The van der Waals surface area contributed by atoms with E-state index in [1.807, 2.05) is 30.3 Å². The molecule has 126 valence electrons. The fraction of sp³-hybridized carbons (Fsp3) is 0.222. The topological polar surface area (TPSA) is 84.2 Å². The monoisotopic (exact) mass is 329 g/mol. The third-order valence-corrected chi connectivity index (χ3v) is 3.62. The van der Waals surface area contributed by atoms with Crippen molar-refractivity contribution in [2.24, 2.45) is 5.73 Å². The largest absolute Gasteiger partial charge is 0.352 e. The summed E-state index contributed by atoms with van der Waals surface area (Å²) >= 11 is 0. The summed E-state index contributed by atoms with van der Waals surface area (Å²) in [6, 6.07) is 13.8. The SMILES string of the molecule is C[C@@H](NC(N)=O)C(=O)N[C@H](Cc1ccc(F)cc1)c1ccccc1. The van der Waals surface area contributed by atoms with Gasteiger partial charge in [-0.05, 0) is 36.6 Å². The smallest absolute Gasteiger partial charge is 0.312 e. The Bertz CT molecular complexity index is 689. The van der Waals surface area contributed by atoms with Crippen molar-refractivity contribution in [3.05, 3.63) is 71.5 Å². The van der Waals surface area contributed by atoms with E-state index in [0.29, 0.717) is 6.42 Å². The first-order valence-corrected chi connectivity index (χ1v) is 7.61. The van der Waals surface area contributed by atoms with Gasteiger partial charge < -0.3 is 16.4 Å². The molecule has 0 saturated carbocycles. The van der Waals surface area contributed by atoms with Crippen LogP contribution in [0.3, 0.4) is 0 Å². The van der Waals surface area contributed by atoms with E-state index in [0.717, 1.165) is 11.1 Å². The Labute approximate surface area is 140 Å². The molecule has 0 aliphatic rings. The third kappa shape index (κ3) is 5.08. The molecule has 2 aromatic carbocycles. The number of halogens is 1. The van der Waals surface area contributed by atoms with Crippen molar-refractivity contribution in [2.45, 2.75) is 25.4 Å². The zero-order valence-corrected chi connectivity index (χ0v) is 13.3. The van der Waals surface area contributed by atoms with Crippen LogP contribution < -0.4 is 16.4 Å². The number of nitrogens with two attached hydrogens (primary N) is 1. The van der Waals surface area contributed by atoms with Crippen molar-refractivity contribution in [1.82, 2.24) is 10.6 Å². The van der Waals surface area contributed by atoms with Crippen molar-refractivity contribution < 1.29 is 14.0 Å². The van der Waals surface area contributed by atoms with Gasteiger partial charge in [-0.2, -0.15) is 0 Å². The Kier molecular flexibility index (Phi) is 5.89. The molecule has 24 heavy (non-hydrogen) atoms. The molecule has 3 amide bonds. The number of nitrogens with one attached hydrogen (secondary N) is 2. The maximum Gasteiger partial charge on any atom is 0.312 e. The summed E-state index contributed by atoms with van der Waals surface area (Å²) in [4.78, 5) is 23.2. The highest BCUT2D eigenvalue weighted by molar-refractivity contribution is 5.86. The van der Waals surface area contributed by atoms with Gasteiger partial charge in [0.25, 0.3) is 0 Å². The first-order valence-electron chi connectivity index (χ1n) is 7.61. The fourth-order valence-corrected chi connectivity index (χ4v) is 2.37. The van der Waals surface area contributed by atoms with E-state index in [4.69, 9.17) is 5.73 Å². The Morgan fingerprint density at radius 2 is 1.67 bits per heavy atom. The summed E-state index contributed by atoms with van der Waals surface area (Å²) in [6.45, 7) is 1.56. The van der Waals surface area contributed by atoms with Gasteiger partial charge in [-0.15, -0.1) is 0 Å². The summed E-state index contributed by atoms with van der Waals surface area (Å²) in [5, 5.41) is 5.25. The lowest BCUT2D eigenvalue weighted by molar-refractivity contribution is -0.123. The molecule has 5 nitrogen and oxygen atoms in total. The van der Waals surface area contributed by atoms with Gasteiger partial charge in [-0.3, -0.25) is 4.79 Å². The Morgan fingerprint density at radius 3 is 2.25 bits per heavy atom. The van der Waals surface area contributed by atoms with E-state index < -0.39 is 12.1 Å². The van der Waals surface area contributed by atoms with Gasteiger partial charge in [0, 0.05) is 0 Å². The highest BCUT2D eigenvalue weighted by atomic mass is 19.1. The van der Waals surface area contributed by atoms with Gasteiger partial charge in [-0.1, -0.05) is 42.5 Å². The molecular formula is C18H20FN3O2. The first-order chi connectivity index (χ1) is 11.5. The Balaban J connectivity index is 2.15. The number of hydrogen-bond donors (Lipinski definition) is 3. The summed E-state index contributed by atoms with van der Waals surface area (Å²) in [7, 11) is 0. The maximum absolute atomic E-state index is 13.1. The van der Waals surface area contributed by atoms with Gasteiger partial charge in [0.15, 0.2) is 0 Å². The summed E-state index contributed by atoms with van der Waals surface area (Å²) in [5.41, 5.74) is 6.85. The Hall–Kier alpha value is -2.89. The van der Waals surface area contributed by atoms with Crippen LogP contribution in [0.4, 0.5) is 9.18 Å². The second-order valence-corrected chi connectivity index (χ2v) is 5.53. The molecule has 4 N–H and O–H groups in total. The lowest BCUT2D eigenvalue weighted by Gasteiger charge is -2.22. The highest BCUT2D eigenvalue weighted by Gasteiger charge is 2.20. The maximum atomic E-state index is 13.1. The van der Waals surface area contributed by atoms with Gasteiger partial charge in [0.05, 0.1) is 6.04 Å². The van der Waals surface area contributed by atoms with Crippen LogP contribution in [-0.4, -0.2) is 18.0 Å². The minimum Gasteiger partial charge on any atom is -0.352 e. The molecule has 2 aromatic rings. The molecule has 0 radical (unpaired) electrons. The molecular weight excluding hydrogens is 309 g/mol. The quantitative estimate of drug-likeness (QED) is 0.759. The molecule has 0 saturated heterocycles. The number of hydrogen-bond acceptors (Lipinski definition) is 2. The van der Waals surface area contributed by atoms with E-state index in [1.165, 1.54) is 12.1 Å². The predicted octanol–water partition coefficient (Wildman–Crippen LogP) is 2.28. The van der Waals surface area contributed by atoms with Crippen molar-refractivity contribution >= 4 is 11.9 Å².